The lowest BCUT2D eigenvalue weighted by atomic mass is 10.1. The third kappa shape index (κ3) is 2.60. The second-order valence-electron chi connectivity index (χ2n) is 4.84. The zero-order valence-corrected chi connectivity index (χ0v) is 11.2. The third-order valence-corrected chi connectivity index (χ3v) is 3.76. The summed E-state index contributed by atoms with van der Waals surface area (Å²) >= 11 is 5.88. The highest BCUT2D eigenvalue weighted by atomic mass is 35.5. The van der Waals surface area contributed by atoms with E-state index in [1.165, 1.54) is 12.8 Å². The monoisotopic (exact) mass is 278 g/mol. The van der Waals surface area contributed by atoms with Crippen LogP contribution >= 0.6 is 11.6 Å². The van der Waals surface area contributed by atoms with E-state index in [0.717, 1.165) is 24.3 Å². The molecule has 0 atom stereocenters. The maximum Gasteiger partial charge on any atom is 0.362 e. The smallest absolute Gasteiger partial charge is 0.338 e. The molecule has 2 aromatic rings. The molecule has 0 spiro atoms. The van der Waals surface area contributed by atoms with Crippen molar-refractivity contribution in [1.82, 2.24) is 10.1 Å². The van der Waals surface area contributed by atoms with Gasteiger partial charge in [0.25, 0.3) is 0 Å². The Kier molecular flexibility index (Phi) is 3.44. The number of aromatic nitrogens is 1. The van der Waals surface area contributed by atoms with Crippen LogP contribution in [0.5, 0.6) is 0 Å². The van der Waals surface area contributed by atoms with Crippen LogP contribution in [0.2, 0.25) is 5.02 Å². The first-order chi connectivity index (χ1) is 9.24. The highest BCUT2D eigenvalue weighted by molar-refractivity contribution is 6.30. The molecule has 1 N–H and O–H groups in total. The van der Waals surface area contributed by atoms with Gasteiger partial charge in [-0.15, -0.1) is 0 Å². The van der Waals surface area contributed by atoms with Crippen LogP contribution in [0.15, 0.2) is 33.6 Å². The van der Waals surface area contributed by atoms with Gasteiger partial charge in [-0.25, -0.2) is 9.95 Å². The van der Waals surface area contributed by atoms with Gasteiger partial charge in [0.15, 0.2) is 0 Å². The first-order valence-corrected chi connectivity index (χ1v) is 6.80. The van der Waals surface area contributed by atoms with Gasteiger partial charge in [-0.1, -0.05) is 23.7 Å². The van der Waals surface area contributed by atoms with E-state index >= 15 is 0 Å². The molecule has 0 amide bonds. The Morgan fingerprint density at radius 2 is 1.89 bits per heavy atom. The Morgan fingerprint density at radius 3 is 2.58 bits per heavy atom. The average Bonchev–Trinajstić information content (AvgIpc) is 3.03. The summed E-state index contributed by atoms with van der Waals surface area (Å²) in [5, 5.41) is 3.40. The van der Waals surface area contributed by atoms with E-state index in [2.05, 4.69) is 10.1 Å². The molecular weight excluding hydrogens is 264 g/mol. The normalized spacial score (nSPS) is 16.1. The molecule has 100 valence electrons. The summed E-state index contributed by atoms with van der Waals surface area (Å²) in [4.78, 5) is 14.1. The van der Waals surface area contributed by atoms with Crippen molar-refractivity contribution in [3.05, 3.63) is 45.3 Å². The topological polar surface area (TPSA) is 49.2 Å². The molecule has 1 saturated heterocycles. The van der Waals surface area contributed by atoms with Gasteiger partial charge in [0.2, 0.25) is 0 Å². The zero-order valence-electron chi connectivity index (χ0n) is 10.5. The van der Waals surface area contributed by atoms with Crippen LogP contribution in [-0.4, -0.2) is 23.1 Å². The van der Waals surface area contributed by atoms with Crippen molar-refractivity contribution in [2.45, 2.75) is 19.4 Å². The molecule has 0 unspecified atom stereocenters. The lowest BCUT2D eigenvalue weighted by molar-refractivity contribution is 0.325. The van der Waals surface area contributed by atoms with Crippen molar-refractivity contribution in [2.75, 3.05) is 13.1 Å². The predicted molar refractivity (Wildman–Crippen MR) is 74.3 cm³/mol. The van der Waals surface area contributed by atoms with E-state index in [-0.39, 0.29) is 5.63 Å². The van der Waals surface area contributed by atoms with Gasteiger partial charge in [-0.2, -0.15) is 0 Å². The summed E-state index contributed by atoms with van der Waals surface area (Å²) in [5.41, 5.74) is 2.10. The Labute approximate surface area is 115 Å². The summed E-state index contributed by atoms with van der Waals surface area (Å²) in [5.74, 6) is 0. The Hall–Kier alpha value is -1.52. The van der Waals surface area contributed by atoms with Crippen LogP contribution < -0.4 is 5.63 Å². The van der Waals surface area contributed by atoms with Crippen LogP contribution in [0.1, 0.15) is 18.4 Å². The van der Waals surface area contributed by atoms with Gasteiger partial charge >= 0.3 is 5.63 Å². The van der Waals surface area contributed by atoms with Crippen LogP contribution in [0.3, 0.4) is 0 Å². The first-order valence-electron chi connectivity index (χ1n) is 6.42. The van der Waals surface area contributed by atoms with Crippen LogP contribution in [0, 0.1) is 0 Å². The second kappa shape index (κ2) is 5.23. The number of aromatic amines is 1. The number of nitrogens with one attached hydrogen (secondary N) is 1. The van der Waals surface area contributed by atoms with Gasteiger partial charge in [0.1, 0.15) is 0 Å². The lowest BCUT2D eigenvalue weighted by Gasteiger charge is -2.13. The van der Waals surface area contributed by atoms with Gasteiger partial charge < -0.3 is 4.52 Å². The van der Waals surface area contributed by atoms with Crippen molar-refractivity contribution >= 4 is 11.6 Å². The molecule has 1 aromatic heterocycles. The zero-order chi connectivity index (χ0) is 13.2. The fraction of sp³-hybridized carbons (Fsp3) is 0.357. The van der Waals surface area contributed by atoms with E-state index in [0.29, 0.717) is 17.1 Å². The molecular formula is C14H15ClN2O2. The van der Waals surface area contributed by atoms with E-state index in [4.69, 9.17) is 16.1 Å². The van der Waals surface area contributed by atoms with Crippen LogP contribution in [0.25, 0.3) is 11.3 Å². The number of hydrogen-bond donors (Lipinski definition) is 1. The maximum absolute atomic E-state index is 11.8. The fourth-order valence-corrected chi connectivity index (χ4v) is 2.61. The number of likely N-dealkylation sites (tertiary alicyclic amines) is 1. The lowest BCUT2D eigenvalue weighted by Crippen LogP contribution is -2.21. The molecule has 2 heterocycles. The molecule has 0 radical (unpaired) electrons. The molecule has 0 bridgehead atoms. The SMILES string of the molecule is O=c1o[nH]c(-c2ccc(Cl)cc2)c1CN1CCCC1. The van der Waals surface area contributed by atoms with Crippen LogP contribution in [-0.2, 0) is 6.54 Å². The minimum absolute atomic E-state index is 0.281. The summed E-state index contributed by atoms with van der Waals surface area (Å²) in [6.45, 7) is 2.74. The summed E-state index contributed by atoms with van der Waals surface area (Å²) in [6, 6.07) is 7.39. The number of H-pyrrole nitrogens is 1. The van der Waals surface area contributed by atoms with E-state index in [1.54, 1.807) is 0 Å². The second-order valence-corrected chi connectivity index (χ2v) is 5.27. The molecule has 1 aromatic carbocycles. The molecule has 5 heteroatoms. The largest absolute Gasteiger partial charge is 0.362 e. The summed E-state index contributed by atoms with van der Waals surface area (Å²) in [7, 11) is 0. The minimum atomic E-state index is -0.281. The van der Waals surface area contributed by atoms with Crippen molar-refractivity contribution < 1.29 is 4.52 Å². The number of halogens is 1. The predicted octanol–water partition coefficient (Wildman–Crippen LogP) is 2.88. The van der Waals surface area contributed by atoms with Crippen molar-refractivity contribution in [2.24, 2.45) is 0 Å². The third-order valence-electron chi connectivity index (χ3n) is 3.51. The van der Waals surface area contributed by atoms with E-state index < -0.39 is 0 Å². The maximum atomic E-state index is 11.8. The minimum Gasteiger partial charge on any atom is -0.338 e. The van der Waals surface area contributed by atoms with Crippen molar-refractivity contribution in [1.29, 1.82) is 0 Å². The van der Waals surface area contributed by atoms with Gasteiger partial charge in [-0.3, -0.25) is 4.90 Å². The van der Waals surface area contributed by atoms with E-state index in [9.17, 15) is 4.79 Å². The molecule has 0 saturated carbocycles. The van der Waals surface area contributed by atoms with Crippen molar-refractivity contribution in [3.8, 4) is 11.3 Å². The average molecular weight is 279 g/mol. The number of hydrogen-bond acceptors (Lipinski definition) is 3. The highest BCUT2D eigenvalue weighted by Crippen LogP contribution is 2.23. The van der Waals surface area contributed by atoms with E-state index in [1.807, 2.05) is 24.3 Å². The number of rotatable bonds is 3. The van der Waals surface area contributed by atoms with Gasteiger partial charge in [0, 0.05) is 17.1 Å². The summed E-state index contributed by atoms with van der Waals surface area (Å²) in [6.07, 6.45) is 2.40. The highest BCUT2D eigenvalue weighted by Gasteiger charge is 2.19. The molecule has 3 rings (SSSR count). The molecule has 4 nitrogen and oxygen atoms in total. The van der Waals surface area contributed by atoms with Gasteiger partial charge in [0.05, 0.1) is 11.3 Å². The fourth-order valence-electron chi connectivity index (χ4n) is 2.48. The Bertz CT molecular complexity index is 609. The molecule has 19 heavy (non-hydrogen) atoms. The summed E-state index contributed by atoms with van der Waals surface area (Å²) < 4.78 is 4.95. The number of benzene rings is 1. The molecule has 1 fully saturated rings. The molecule has 1 aliphatic rings. The van der Waals surface area contributed by atoms with Crippen LogP contribution in [0.4, 0.5) is 0 Å². The Morgan fingerprint density at radius 1 is 1.21 bits per heavy atom. The standard InChI is InChI=1S/C14H15ClN2O2/c15-11-5-3-10(4-6-11)13-12(14(18)19-16-13)9-17-7-1-2-8-17/h3-6,16H,1-2,7-9H2. The Balaban J connectivity index is 1.93. The first kappa shape index (κ1) is 12.5. The quantitative estimate of drug-likeness (QED) is 0.939. The molecule has 1 aliphatic heterocycles. The van der Waals surface area contributed by atoms with Gasteiger partial charge in [-0.05, 0) is 38.1 Å². The molecule has 0 aliphatic carbocycles. The van der Waals surface area contributed by atoms with Crippen molar-refractivity contribution in [3.63, 3.8) is 0 Å². The number of nitrogens with zero attached hydrogens (tertiary/aromatic N) is 1.